The predicted molar refractivity (Wildman–Crippen MR) is 104 cm³/mol. The minimum atomic E-state index is 0.679. The van der Waals surface area contributed by atoms with Gasteiger partial charge in [-0.1, -0.05) is 66.2 Å². The van der Waals surface area contributed by atoms with E-state index < -0.39 is 0 Å². The van der Waals surface area contributed by atoms with Gasteiger partial charge in [0.1, 0.15) is 5.75 Å². The minimum Gasteiger partial charge on any atom is -0.454 e. The molecular formula is C22H14ClNO. The summed E-state index contributed by atoms with van der Waals surface area (Å²) in [6.07, 6.45) is 0. The van der Waals surface area contributed by atoms with Crippen LogP contribution in [0.3, 0.4) is 0 Å². The van der Waals surface area contributed by atoms with Crippen LogP contribution in [0.5, 0.6) is 11.5 Å². The molecule has 0 saturated heterocycles. The molecule has 1 aliphatic heterocycles. The van der Waals surface area contributed by atoms with E-state index in [1.165, 1.54) is 10.9 Å². The van der Waals surface area contributed by atoms with Crippen LogP contribution in [-0.2, 0) is 0 Å². The number of hydrogen-bond acceptors (Lipinski definition) is 2. The highest BCUT2D eigenvalue weighted by Crippen LogP contribution is 2.49. The first-order valence-corrected chi connectivity index (χ1v) is 8.53. The van der Waals surface area contributed by atoms with Crippen LogP contribution in [0.2, 0.25) is 5.02 Å². The lowest BCUT2D eigenvalue weighted by Crippen LogP contribution is -2.01. The lowest BCUT2D eigenvalue weighted by Gasteiger charge is -2.24. The van der Waals surface area contributed by atoms with Gasteiger partial charge in [0.25, 0.3) is 0 Å². The molecule has 3 heteroatoms. The fourth-order valence-corrected chi connectivity index (χ4v) is 3.57. The second kappa shape index (κ2) is 5.54. The zero-order valence-electron chi connectivity index (χ0n) is 13.3. The Morgan fingerprint density at radius 1 is 0.680 bits per heavy atom. The Morgan fingerprint density at radius 2 is 1.40 bits per heavy atom. The van der Waals surface area contributed by atoms with Crippen molar-refractivity contribution < 1.29 is 4.74 Å². The Balaban J connectivity index is 1.71. The molecule has 2 nitrogen and oxygen atoms in total. The van der Waals surface area contributed by atoms with Gasteiger partial charge in [0, 0.05) is 10.9 Å². The number of halogens is 1. The summed E-state index contributed by atoms with van der Waals surface area (Å²) in [5.41, 5.74) is 4.04. The van der Waals surface area contributed by atoms with Gasteiger partial charge in [0.2, 0.25) is 0 Å². The summed E-state index contributed by atoms with van der Waals surface area (Å²) in [5.74, 6) is 1.71. The Labute approximate surface area is 150 Å². The molecule has 0 bridgehead atoms. The number of rotatable bonds is 2. The third-order valence-corrected chi connectivity index (χ3v) is 4.86. The van der Waals surface area contributed by atoms with E-state index in [-0.39, 0.29) is 0 Å². The van der Waals surface area contributed by atoms with Crippen LogP contribution >= 0.6 is 11.6 Å². The summed E-state index contributed by atoms with van der Waals surface area (Å²) in [6.45, 7) is 0. The van der Waals surface area contributed by atoms with Crippen LogP contribution in [0, 0.1) is 0 Å². The average Bonchev–Trinajstić information content (AvgIpc) is 2.65. The van der Waals surface area contributed by atoms with Crippen molar-refractivity contribution >= 4 is 33.7 Å². The molecule has 0 saturated carbocycles. The number of nitrogens with one attached hydrogen (secondary N) is 1. The van der Waals surface area contributed by atoms with E-state index in [2.05, 4.69) is 35.6 Å². The van der Waals surface area contributed by atoms with Crippen molar-refractivity contribution in [2.24, 2.45) is 0 Å². The predicted octanol–water partition coefficient (Wildman–Crippen LogP) is 7.01. The second-order valence-corrected chi connectivity index (χ2v) is 6.46. The Kier molecular flexibility index (Phi) is 3.19. The molecule has 0 radical (unpaired) electrons. The Bertz CT molecular complexity index is 1110. The van der Waals surface area contributed by atoms with Crippen LogP contribution in [0.15, 0.2) is 78.9 Å². The molecule has 1 aliphatic rings. The number of anilines is 2. The van der Waals surface area contributed by atoms with Gasteiger partial charge in [-0.3, -0.25) is 0 Å². The summed E-state index contributed by atoms with van der Waals surface area (Å²) in [5, 5.41) is 6.43. The van der Waals surface area contributed by atoms with Crippen LogP contribution in [0.1, 0.15) is 0 Å². The zero-order valence-corrected chi connectivity index (χ0v) is 14.0. The second-order valence-electron chi connectivity index (χ2n) is 6.05. The molecule has 0 unspecified atom stereocenters. The van der Waals surface area contributed by atoms with Crippen molar-refractivity contribution in [3.8, 4) is 22.6 Å². The number of para-hydroxylation sites is 2. The van der Waals surface area contributed by atoms with E-state index in [0.29, 0.717) is 5.02 Å². The third-order valence-electron chi connectivity index (χ3n) is 4.53. The maximum atomic E-state index is 6.30. The highest BCUT2D eigenvalue weighted by Gasteiger charge is 2.22. The Morgan fingerprint density at radius 3 is 2.28 bits per heavy atom. The van der Waals surface area contributed by atoms with Crippen LogP contribution < -0.4 is 10.1 Å². The molecule has 0 fully saturated rings. The maximum Gasteiger partial charge on any atom is 0.158 e. The van der Waals surface area contributed by atoms with Gasteiger partial charge >= 0.3 is 0 Å². The summed E-state index contributed by atoms with van der Waals surface area (Å²) in [4.78, 5) is 0. The van der Waals surface area contributed by atoms with Crippen LogP contribution in [0.4, 0.5) is 11.4 Å². The largest absolute Gasteiger partial charge is 0.454 e. The van der Waals surface area contributed by atoms with E-state index in [1.54, 1.807) is 0 Å². The smallest absolute Gasteiger partial charge is 0.158 e. The molecule has 0 spiro atoms. The number of benzene rings is 4. The summed E-state index contributed by atoms with van der Waals surface area (Å²) < 4.78 is 6.29. The fourth-order valence-electron chi connectivity index (χ4n) is 3.39. The first-order chi connectivity index (χ1) is 12.3. The van der Waals surface area contributed by atoms with E-state index in [1.807, 2.05) is 48.5 Å². The molecule has 0 aliphatic carbocycles. The van der Waals surface area contributed by atoms with Crippen LogP contribution in [0.25, 0.3) is 21.9 Å². The van der Waals surface area contributed by atoms with Gasteiger partial charge < -0.3 is 10.1 Å². The molecule has 0 amide bonds. The normalized spacial score (nSPS) is 11.7. The van der Waals surface area contributed by atoms with Crippen molar-refractivity contribution in [2.75, 3.05) is 5.32 Å². The molecule has 0 atom stereocenters. The van der Waals surface area contributed by atoms with E-state index >= 15 is 0 Å². The monoisotopic (exact) mass is 343 g/mol. The molecule has 120 valence electrons. The zero-order chi connectivity index (χ0) is 16.8. The van der Waals surface area contributed by atoms with Crippen molar-refractivity contribution in [3.63, 3.8) is 0 Å². The molecule has 5 rings (SSSR count). The molecule has 4 aromatic carbocycles. The van der Waals surface area contributed by atoms with Gasteiger partial charge in [0.05, 0.1) is 16.4 Å². The van der Waals surface area contributed by atoms with Crippen molar-refractivity contribution in [1.29, 1.82) is 0 Å². The number of ether oxygens (including phenoxy) is 1. The topological polar surface area (TPSA) is 21.3 Å². The molecule has 4 aromatic rings. The van der Waals surface area contributed by atoms with Crippen molar-refractivity contribution in [1.82, 2.24) is 0 Å². The van der Waals surface area contributed by atoms with Crippen molar-refractivity contribution in [2.45, 2.75) is 0 Å². The van der Waals surface area contributed by atoms with Gasteiger partial charge in [0.15, 0.2) is 5.75 Å². The lowest BCUT2D eigenvalue weighted by atomic mass is 9.94. The number of hydrogen-bond donors (Lipinski definition) is 1. The molecular weight excluding hydrogens is 330 g/mol. The minimum absolute atomic E-state index is 0.679. The Hall–Kier alpha value is -2.97. The van der Waals surface area contributed by atoms with E-state index in [9.17, 15) is 0 Å². The third kappa shape index (κ3) is 2.26. The lowest BCUT2D eigenvalue weighted by molar-refractivity contribution is 0.489. The molecule has 25 heavy (non-hydrogen) atoms. The van der Waals surface area contributed by atoms with E-state index in [4.69, 9.17) is 16.3 Å². The first-order valence-electron chi connectivity index (χ1n) is 8.16. The molecule has 1 heterocycles. The first kappa shape index (κ1) is 14.4. The standard InChI is InChI=1S/C22H14ClNO/c23-17-10-1-2-11-18(17)24-19-12-5-9-16-15-8-3-6-14-7-4-13-20(21(14)15)25-22(16)19/h1-13,24H. The fraction of sp³-hybridized carbons (Fsp3) is 0. The van der Waals surface area contributed by atoms with Gasteiger partial charge in [-0.25, -0.2) is 0 Å². The van der Waals surface area contributed by atoms with Gasteiger partial charge in [-0.05, 0) is 35.2 Å². The highest BCUT2D eigenvalue weighted by molar-refractivity contribution is 6.33. The average molecular weight is 344 g/mol. The summed E-state index contributed by atoms with van der Waals surface area (Å²) in [6, 6.07) is 26.3. The summed E-state index contributed by atoms with van der Waals surface area (Å²) in [7, 11) is 0. The quantitative estimate of drug-likeness (QED) is 0.372. The van der Waals surface area contributed by atoms with Crippen LogP contribution in [-0.4, -0.2) is 0 Å². The van der Waals surface area contributed by atoms with Gasteiger partial charge in [-0.15, -0.1) is 0 Å². The van der Waals surface area contributed by atoms with Gasteiger partial charge in [-0.2, -0.15) is 0 Å². The number of fused-ring (bicyclic) bond motifs is 2. The van der Waals surface area contributed by atoms with E-state index in [0.717, 1.165) is 33.8 Å². The molecule has 0 aromatic heterocycles. The molecule has 1 N–H and O–H groups in total. The van der Waals surface area contributed by atoms with Crippen molar-refractivity contribution in [3.05, 3.63) is 83.9 Å². The highest BCUT2D eigenvalue weighted by atomic mass is 35.5. The SMILES string of the molecule is Clc1ccccc1Nc1cccc2c1Oc1cccc3cccc-2c13. The maximum absolute atomic E-state index is 6.30. The summed E-state index contributed by atoms with van der Waals surface area (Å²) >= 11 is 6.30.